The standard InChI is InChI=1S/C17H28N4/c1-18-13-15-5-6-17(19-14-15)21-11-7-16(8-12-21)20-9-3-2-4-10-20/h5-6,14,16,18H,2-4,7-13H2,1H3. The Labute approximate surface area is 128 Å². The highest BCUT2D eigenvalue weighted by molar-refractivity contribution is 5.39. The maximum Gasteiger partial charge on any atom is 0.128 e. The number of aromatic nitrogens is 1. The van der Waals surface area contributed by atoms with Crippen LogP contribution in [0.5, 0.6) is 0 Å². The minimum atomic E-state index is 0.810. The number of anilines is 1. The van der Waals surface area contributed by atoms with Crippen LogP contribution in [-0.4, -0.2) is 49.2 Å². The van der Waals surface area contributed by atoms with Crippen molar-refractivity contribution in [1.29, 1.82) is 0 Å². The fourth-order valence-electron chi connectivity index (χ4n) is 3.66. The van der Waals surface area contributed by atoms with Gasteiger partial charge in [0.05, 0.1) is 0 Å². The second-order valence-corrected chi connectivity index (χ2v) is 6.37. The average molecular weight is 288 g/mol. The van der Waals surface area contributed by atoms with Crippen LogP contribution in [0.15, 0.2) is 18.3 Å². The second-order valence-electron chi connectivity index (χ2n) is 6.37. The van der Waals surface area contributed by atoms with Crippen molar-refractivity contribution in [1.82, 2.24) is 15.2 Å². The minimum absolute atomic E-state index is 0.810. The molecule has 21 heavy (non-hydrogen) atoms. The van der Waals surface area contributed by atoms with Gasteiger partial charge in [-0.25, -0.2) is 4.98 Å². The van der Waals surface area contributed by atoms with Crippen molar-refractivity contribution >= 4 is 5.82 Å². The van der Waals surface area contributed by atoms with Gasteiger partial charge in [-0.1, -0.05) is 12.5 Å². The monoisotopic (exact) mass is 288 g/mol. The zero-order valence-electron chi connectivity index (χ0n) is 13.2. The third kappa shape index (κ3) is 3.74. The smallest absolute Gasteiger partial charge is 0.128 e. The van der Waals surface area contributed by atoms with Gasteiger partial charge in [0.25, 0.3) is 0 Å². The molecule has 1 N–H and O–H groups in total. The van der Waals surface area contributed by atoms with Crippen LogP contribution in [0.2, 0.25) is 0 Å². The molecule has 0 saturated carbocycles. The van der Waals surface area contributed by atoms with E-state index in [9.17, 15) is 0 Å². The van der Waals surface area contributed by atoms with Crippen molar-refractivity contribution in [2.45, 2.75) is 44.7 Å². The van der Waals surface area contributed by atoms with Gasteiger partial charge in [-0.15, -0.1) is 0 Å². The summed E-state index contributed by atoms with van der Waals surface area (Å²) in [5.74, 6) is 1.15. The van der Waals surface area contributed by atoms with E-state index in [1.54, 1.807) is 0 Å². The molecule has 0 spiro atoms. The Morgan fingerprint density at radius 3 is 2.48 bits per heavy atom. The quantitative estimate of drug-likeness (QED) is 0.921. The molecule has 4 nitrogen and oxygen atoms in total. The van der Waals surface area contributed by atoms with Crippen LogP contribution in [0.4, 0.5) is 5.82 Å². The number of hydrogen-bond donors (Lipinski definition) is 1. The van der Waals surface area contributed by atoms with Crippen molar-refractivity contribution in [2.75, 3.05) is 38.1 Å². The van der Waals surface area contributed by atoms with Gasteiger partial charge < -0.3 is 15.1 Å². The fourth-order valence-corrected chi connectivity index (χ4v) is 3.66. The van der Waals surface area contributed by atoms with Crippen LogP contribution < -0.4 is 10.2 Å². The van der Waals surface area contributed by atoms with Gasteiger partial charge in [0, 0.05) is 31.9 Å². The molecular weight excluding hydrogens is 260 g/mol. The lowest BCUT2D eigenvalue weighted by molar-refractivity contribution is 0.141. The minimum Gasteiger partial charge on any atom is -0.357 e. The van der Waals surface area contributed by atoms with Crippen molar-refractivity contribution in [2.24, 2.45) is 0 Å². The zero-order valence-corrected chi connectivity index (χ0v) is 13.2. The number of pyridine rings is 1. The molecule has 4 heteroatoms. The molecule has 0 amide bonds. The molecule has 0 aliphatic carbocycles. The van der Waals surface area contributed by atoms with Gasteiger partial charge in [0.15, 0.2) is 0 Å². The van der Waals surface area contributed by atoms with Crippen LogP contribution in [0.25, 0.3) is 0 Å². The number of piperidine rings is 2. The van der Waals surface area contributed by atoms with E-state index in [-0.39, 0.29) is 0 Å². The van der Waals surface area contributed by atoms with E-state index in [1.165, 1.54) is 50.8 Å². The lowest BCUT2D eigenvalue weighted by atomic mass is 10.00. The Kier molecular flexibility index (Phi) is 5.09. The van der Waals surface area contributed by atoms with Crippen LogP contribution in [0.3, 0.4) is 0 Å². The van der Waals surface area contributed by atoms with E-state index in [0.717, 1.165) is 31.5 Å². The third-order valence-electron chi connectivity index (χ3n) is 4.89. The van der Waals surface area contributed by atoms with Gasteiger partial charge >= 0.3 is 0 Å². The summed E-state index contributed by atoms with van der Waals surface area (Å²) in [5.41, 5.74) is 1.25. The molecule has 2 saturated heterocycles. The normalized spacial score (nSPS) is 21.7. The predicted molar refractivity (Wildman–Crippen MR) is 87.7 cm³/mol. The molecule has 0 unspecified atom stereocenters. The molecule has 3 heterocycles. The summed E-state index contributed by atoms with van der Waals surface area (Å²) in [6, 6.07) is 5.17. The first-order valence-corrected chi connectivity index (χ1v) is 8.45. The first-order chi connectivity index (χ1) is 10.4. The summed E-state index contributed by atoms with van der Waals surface area (Å²) in [6.45, 7) is 5.84. The molecule has 0 aromatic carbocycles. The van der Waals surface area contributed by atoms with Crippen LogP contribution >= 0.6 is 0 Å². The maximum atomic E-state index is 4.63. The van der Waals surface area contributed by atoms with Crippen molar-refractivity contribution in [3.63, 3.8) is 0 Å². The molecule has 3 rings (SSSR count). The van der Waals surface area contributed by atoms with Gasteiger partial charge in [-0.3, -0.25) is 0 Å². The summed E-state index contributed by atoms with van der Waals surface area (Å²) < 4.78 is 0. The van der Waals surface area contributed by atoms with Gasteiger partial charge in [0.1, 0.15) is 5.82 Å². The number of hydrogen-bond acceptors (Lipinski definition) is 4. The summed E-state index contributed by atoms with van der Waals surface area (Å²) in [4.78, 5) is 9.81. The Morgan fingerprint density at radius 2 is 1.86 bits per heavy atom. The van der Waals surface area contributed by atoms with E-state index in [0.29, 0.717) is 0 Å². The molecule has 1 aromatic heterocycles. The Hall–Kier alpha value is -1.13. The lowest BCUT2D eigenvalue weighted by Crippen LogP contribution is -2.46. The number of nitrogens with one attached hydrogen (secondary N) is 1. The SMILES string of the molecule is CNCc1ccc(N2CCC(N3CCCCC3)CC2)nc1. The molecule has 1 aromatic rings. The molecule has 0 radical (unpaired) electrons. The molecule has 0 bridgehead atoms. The van der Waals surface area contributed by atoms with E-state index in [4.69, 9.17) is 0 Å². The average Bonchev–Trinajstić information content (AvgIpc) is 2.57. The summed E-state index contributed by atoms with van der Waals surface area (Å²) in [5, 5.41) is 3.17. The van der Waals surface area contributed by atoms with Crippen LogP contribution in [0.1, 0.15) is 37.7 Å². The third-order valence-corrected chi connectivity index (χ3v) is 4.89. The first-order valence-electron chi connectivity index (χ1n) is 8.45. The summed E-state index contributed by atoms with van der Waals surface area (Å²) >= 11 is 0. The molecule has 2 aliphatic heterocycles. The highest BCUT2D eigenvalue weighted by Crippen LogP contribution is 2.23. The van der Waals surface area contributed by atoms with E-state index in [2.05, 4.69) is 32.2 Å². The molecule has 2 aliphatic rings. The van der Waals surface area contributed by atoms with Gasteiger partial charge in [-0.2, -0.15) is 0 Å². The van der Waals surface area contributed by atoms with E-state index >= 15 is 0 Å². The zero-order chi connectivity index (χ0) is 14.5. The molecule has 116 valence electrons. The Bertz CT molecular complexity index is 417. The maximum absolute atomic E-state index is 4.63. The predicted octanol–water partition coefficient (Wildman–Crippen LogP) is 2.26. The molecule has 0 atom stereocenters. The van der Waals surface area contributed by atoms with Crippen LogP contribution in [-0.2, 0) is 6.54 Å². The largest absolute Gasteiger partial charge is 0.357 e. The topological polar surface area (TPSA) is 31.4 Å². The van der Waals surface area contributed by atoms with Crippen molar-refractivity contribution < 1.29 is 0 Å². The number of likely N-dealkylation sites (tertiary alicyclic amines) is 1. The lowest BCUT2D eigenvalue weighted by Gasteiger charge is -2.40. The summed E-state index contributed by atoms with van der Waals surface area (Å²) in [7, 11) is 1.97. The van der Waals surface area contributed by atoms with Crippen molar-refractivity contribution in [3.8, 4) is 0 Å². The second kappa shape index (κ2) is 7.23. The summed E-state index contributed by atoms with van der Waals surface area (Å²) in [6.07, 6.45) is 8.81. The Morgan fingerprint density at radius 1 is 1.10 bits per heavy atom. The molecular formula is C17H28N4. The highest BCUT2D eigenvalue weighted by Gasteiger charge is 2.25. The Balaban J connectivity index is 1.52. The number of nitrogens with zero attached hydrogens (tertiary/aromatic N) is 3. The van der Waals surface area contributed by atoms with E-state index in [1.807, 2.05) is 13.2 Å². The molecule has 2 fully saturated rings. The number of rotatable bonds is 4. The van der Waals surface area contributed by atoms with Crippen LogP contribution in [0, 0.1) is 0 Å². The van der Waals surface area contributed by atoms with E-state index < -0.39 is 0 Å². The van der Waals surface area contributed by atoms with Gasteiger partial charge in [0.2, 0.25) is 0 Å². The first kappa shape index (κ1) is 14.8. The highest BCUT2D eigenvalue weighted by atomic mass is 15.2. The fraction of sp³-hybridized carbons (Fsp3) is 0.706. The van der Waals surface area contributed by atoms with Crippen molar-refractivity contribution in [3.05, 3.63) is 23.9 Å². The van der Waals surface area contributed by atoms with Gasteiger partial charge in [-0.05, 0) is 57.5 Å².